The Balaban J connectivity index is 1.56. The summed E-state index contributed by atoms with van der Waals surface area (Å²) in [4.78, 5) is 20.3. The molecule has 1 amide bonds. The van der Waals surface area contributed by atoms with Crippen LogP contribution in [0.15, 0.2) is 29.8 Å². The molecule has 2 aromatic rings. The van der Waals surface area contributed by atoms with Crippen molar-refractivity contribution < 1.29 is 4.79 Å². The number of hydrogen-bond acceptors (Lipinski definition) is 5. The normalized spacial score (nSPS) is 14.1. The van der Waals surface area contributed by atoms with Crippen molar-refractivity contribution in [3.63, 3.8) is 0 Å². The van der Waals surface area contributed by atoms with E-state index in [0.29, 0.717) is 18.3 Å². The topological polar surface area (TPSA) is 66.9 Å². The van der Waals surface area contributed by atoms with Crippen LogP contribution < -0.4 is 10.6 Å². The molecule has 2 heterocycles. The van der Waals surface area contributed by atoms with E-state index < -0.39 is 0 Å². The van der Waals surface area contributed by atoms with E-state index in [1.54, 1.807) is 11.6 Å². The largest absolute Gasteiger partial charge is 0.359 e. The highest BCUT2D eigenvalue weighted by atomic mass is 32.1. The molecule has 0 saturated heterocycles. The van der Waals surface area contributed by atoms with Crippen molar-refractivity contribution in [3.8, 4) is 0 Å². The molecule has 3 rings (SSSR count). The molecule has 0 bridgehead atoms. The van der Waals surface area contributed by atoms with Crippen molar-refractivity contribution >= 4 is 22.4 Å². The minimum Gasteiger partial charge on any atom is -0.359 e. The van der Waals surface area contributed by atoms with Crippen LogP contribution in [0, 0.1) is 0 Å². The van der Waals surface area contributed by atoms with Crippen LogP contribution in [0.5, 0.6) is 0 Å². The zero-order valence-corrected chi connectivity index (χ0v) is 11.1. The number of amides is 1. The lowest BCUT2D eigenvalue weighted by Gasteiger charge is -2.02. The second kappa shape index (κ2) is 5.36. The van der Waals surface area contributed by atoms with Gasteiger partial charge in [-0.05, 0) is 25.0 Å². The van der Waals surface area contributed by atoms with E-state index in [2.05, 4.69) is 20.6 Å². The average molecular weight is 274 g/mol. The molecular weight excluding hydrogens is 260 g/mol. The fourth-order valence-electron chi connectivity index (χ4n) is 1.61. The maximum Gasteiger partial charge on any atom is 0.271 e. The Hall–Kier alpha value is -1.95. The number of thiazole rings is 1. The second-order valence-electron chi connectivity index (χ2n) is 4.46. The Morgan fingerprint density at radius 2 is 2.32 bits per heavy atom. The minimum absolute atomic E-state index is 0.161. The molecule has 98 valence electrons. The summed E-state index contributed by atoms with van der Waals surface area (Å²) in [6.45, 7) is 0.419. The molecule has 0 radical (unpaired) electrons. The lowest BCUT2D eigenvalue weighted by Crippen LogP contribution is -2.23. The van der Waals surface area contributed by atoms with Gasteiger partial charge < -0.3 is 10.6 Å². The number of carbonyl (C=O) groups excluding carboxylic acids is 1. The molecule has 2 aromatic heterocycles. The van der Waals surface area contributed by atoms with E-state index in [0.717, 1.165) is 10.8 Å². The quantitative estimate of drug-likeness (QED) is 0.875. The molecule has 19 heavy (non-hydrogen) atoms. The first-order chi connectivity index (χ1) is 9.31. The molecule has 0 atom stereocenters. The van der Waals surface area contributed by atoms with E-state index in [4.69, 9.17) is 0 Å². The summed E-state index contributed by atoms with van der Waals surface area (Å²) in [5, 5.41) is 8.69. The SMILES string of the molecule is O=C(NCc1ccccn1)c1csc(NC2CC2)n1. The highest BCUT2D eigenvalue weighted by molar-refractivity contribution is 7.13. The maximum absolute atomic E-state index is 11.9. The highest BCUT2D eigenvalue weighted by Gasteiger charge is 2.22. The van der Waals surface area contributed by atoms with Gasteiger partial charge in [-0.3, -0.25) is 9.78 Å². The van der Waals surface area contributed by atoms with Crippen LogP contribution in [0.25, 0.3) is 0 Å². The van der Waals surface area contributed by atoms with Crippen LogP contribution in [0.2, 0.25) is 0 Å². The molecule has 1 aliphatic rings. The highest BCUT2D eigenvalue weighted by Crippen LogP contribution is 2.26. The zero-order chi connectivity index (χ0) is 13.1. The average Bonchev–Trinajstić information content (AvgIpc) is 3.13. The Kier molecular flexibility index (Phi) is 3.41. The first-order valence-corrected chi connectivity index (χ1v) is 7.09. The number of hydrogen-bond donors (Lipinski definition) is 2. The van der Waals surface area contributed by atoms with Crippen LogP contribution in [0.4, 0.5) is 5.13 Å². The molecular formula is C13H14N4OS. The van der Waals surface area contributed by atoms with Gasteiger partial charge in [0, 0.05) is 17.6 Å². The Morgan fingerprint density at radius 3 is 3.05 bits per heavy atom. The van der Waals surface area contributed by atoms with E-state index in [1.807, 2.05) is 18.2 Å². The summed E-state index contributed by atoms with van der Waals surface area (Å²) >= 11 is 1.47. The van der Waals surface area contributed by atoms with Crippen molar-refractivity contribution in [1.29, 1.82) is 0 Å². The van der Waals surface area contributed by atoms with Crippen molar-refractivity contribution in [1.82, 2.24) is 15.3 Å². The molecule has 2 N–H and O–H groups in total. The number of nitrogens with zero attached hydrogens (tertiary/aromatic N) is 2. The Labute approximate surface area is 115 Å². The summed E-state index contributed by atoms with van der Waals surface area (Å²) in [5.74, 6) is -0.161. The first-order valence-electron chi connectivity index (χ1n) is 6.21. The van der Waals surface area contributed by atoms with Crippen molar-refractivity contribution in [3.05, 3.63) is 41.2 Å². The smallest absolute Gasteiger partial charge is 0.271 e. The lowest BCUT2D eigenvalue weighted by molar-refractivity contribution is 0.0946. The van der Waals surface area contributed by atoms with E-state index >= 15 is 0 Å². The van der Waals surface area contributed by atoms with Gasteiger partial charge >= 0.3 is 0 Å². The van der Waals surface area contributed by atoms with E-state index in [1.165, 1.54) is 24.2 Å². The van der Waals surface area contributed by atoms with Gasteiger partial charge in [-0.25, -0.2) is 4.98 Å². The summed E-state index contributed by atoms with van der Waals surface area (Å²) in [5.41, 5.74) is 1.30. The molecule has 6 heteroatoms. The molecule has 1 aliphatic carbocycles. The number of rotatable bonds is 5. The first kappa shape index (κ1) is 12.1. The predicted molar refractivity (Wildman–Crippen MR) is 74.2 cm³/mol. The molecule has 0 aromatic carbocycles. The standard InChI is InChI=1S/C13H14N4OS/c18-12(15-7-10-3-1-2-6-14-10)11-8-19-13(17-11)16-9-4-5-9/h1-3,6,8-9H,4-5,7H2,(H,15,18)(H,16,17). The summed E-state index contributed by atoms with van der Waals surface area (Å²) in [7, 11) is 0. The molecule has 1 fully saturated rings. The van der Waals surface area contributed by atoms with Crippen molar-refractivity contribution in [2.75, 3.05) is 5.32 Å². The Bertz CT molecular complexity index is 565. The van der Waals surface area contributed by atoms with Crippen molar-refractivity contribution in [2.45, 2.75) is 25.4 Å². The minimum atomic E-state index is -0.161. The number of carbonyl (C=O) groups is 1. The molecule has 1 saturated carbocycles. The third-order valence-electron chi connectivity index (χ3n) is 2.80. The summed E-state index contributed by atoms with van der Waals surface area (Å²) in [6.07, 6.45) is 4.10. The molecule has 5 nitrogen and oxygen atoms in total. The van der Waals surface area contributed by atoms with E-state index in [9.17, 15) is 4.79 Å². The number of nitrogens with one attached hydrogen (secondary N) is 2. The number of anilines is 1. The molecule has 0 unspecified atom stereocenters. The molecule has 0 spiro atoms. The second-order valence-corrected chi connectivity index (χ2v) is 5.32. The zero-order valence-electron chi connectivity index (χ0n) is 10.3. The Morgan fingerprint density at radius 1 is 1.42 bits per heavy atom. The monoisotopic (exact) mass is 274 g/mol. The summed E-state index contributed by atoms with van der Waals surface area (Å²) in [6, 6.07) is 6.17. The van der Waals surface area contributed by atoms with Gasteiger partial charge in [0.2, 0.25) is 0 Å². The third kappa shape index (κ3) is 3.29. The van der Waals surface area contributed by atoms with Gasteiger partial charge in [-0.2, -0.15) is 0 Å². The fourth-order valence-corrected chi connectivity index (χ4v) is 2.38. The van der Waals surface area contributed by atoms with Gasteiger partial charge in [0.1, 0.15) is 5.69 Å². The fraction of sp³-hybridized carbons (Fsp3) is 0.308. The maximum atomic E-state index is 11.9. The van der Waals surface area contributed by atoms with Crippen LogP contribution >= 0.6 is 11.3 Å². The van der Waals surface area contributed by atoms with Crippen LogP contribution in [-0.2, 0) is 6.54 Å². The van der Waals surface area contributed by atoms with Crippen LogP contribution in [0.1, 0.15) is 29.0 Å². The lowest BCUT2D eigenvalue weighted by atomic mass is 10.3. The van der Waals surface area contributed by atoms with Crippen molar-refractivity contribution in [2.24, 2.45) is 0 Å². The summed E-state index contributed by atoms with van der Waals surface area (Å²) < 4.78 is 0. The predicted octanol–water partition coefficient (Wildman–Crippen LogP) is 2.04. The third-order valence-corrected chi connectivity index (χ3v) is 3.57. The number of pyridine rings is 1. The van der Waals surface area contributed by atoms with Crippen LogP contribution in [-0.4, -0.2) is 21.9 Å². The van der Waals surface area contributed by atoms with Gasteiger partial charge in [0.05, 0.1) is 12.2 Å². The van der Waals surface area contributed by atoms with Crippen LogP contribution in [0.3, 0.4) is 0 Å². The van der Waals surface area contributed by atoms with Gasteiger partial charge in [-0.1, -0.05) is 6.07 Å². The number of aromatic nitrogens is 2. The van der Waals surface area contributed by atoms with Gasteiger partial charge in [0.25, 0.3) is 5.91 Å². The van der Waals surface area contributed by atoms with E-state index in [-0.39, 0.29) is 5.91 Å². The molecule has 0 aliphatic heterocycles. The van der Waals surface area contributed by atoms with Gasteiger partial charge in [0.15, 0.2) is 5.13 Å². The van der Waals surface area contributed by atoms with Gasteiger partial charge in [-0.15, -0.1) is 11.3 Å².